The quantitative estimate of drug-likeness (QED) is 0.491. The first-order valence-electron chi connectivity index (χ1n) is 3.71. The minimum Gasteiger partial charge on any atom is -0.478 e. The van der Waals surface area contributed by atoms with Gasteiger partial charge in [-0.05, 0) is 6.42 Å². The third kappa shape index (κ3) is 2.05. The fraction of sp³-hybridized carbons (Fsp3) is 0.625. The summed E-state index contributed by atoms with van der Waals surface area (Å²) in [5.41, 5.74) is 0.242. The van der Waals surface area contributed by atoms with Gasteiger partial charge in [-0.3, -0.25) is 0 Å². The zero-order chi connectivity index (χ0) is 8.43. The van der Waals surface area contributed by atoms with Crippen LogP contribution in [0.4, 0.5) is 0 Å². The number of epoxide rings is 1. The summed E-state index contributed by atoms with van der Waals surface area (Å²) in [7, 11) is 0. The Labute approximate surface area is 65.7 Å². The van der Waals surface area contributed by atoms with Gasteiger partial charge in [0, 0.05) is 12.0 Å². The smallest absolute Gasteiger partial charge is 0.331 e. The van der Waals surface area contributed by atoms with Crippen molar-refractivity contribution in [2.24, 2.45) is 0 Å². The Bertz CT molecular complexity index is 186. The largest absolute Gasteiger partial charge is 0.478 e. The van der Waals surface area contributed by atoms with Crippen molar-refractivity contribution in [1.29, 1.82) is 0 Å². The molecule has 1 fully saturated rings. The van der Waals surface area contributed by atoms with E-state index in [1.165, 1.54) is 0 Å². The molecule has 0 saturated carbocycles. The third-order valence-electron chi connectivity index (χ3n) is 1.84. The summed E-state index contributed by atoms with van der Waals surface area (Å²) in [6.45, 7) is 5.45. The van der Waals surface area contributed by atoms with Gasteiger partial charge in [0.05, 0.1) is 12.2 Å². The minimum atomic E-state index is -0.921. The lowest BCUT2D eigenvalue weighted by atomic mass is 10.1. The van der Waals surface area contributed by atoms with Gasteiger partial charge in [0.25, 0.3) is 0 Å². The molecule has 0 bridgehead atoms. The average Bonchev–Trinajstić information content (AvgIpc) is 2.67. The molecule has 1 rings (SSSR count). The minimum absolute atomic E-state index is 0.114. The second kappa shape index (κ2) is 3.05. The van der Waals surface area contributed by atoms with Crippen LogP contribution in [0.5, 0.6) is 0 Å². The van der Waals surface area contributed by atoms with E-state index in [1.807, 2.05) is 6.92 Å². The van der Waals surface area contributed by atoms with Crippen molar-refractivity contribution < 1.29 is 14.6 Å². The van der Waals surface area contributed by atoms with E-state index < -0.39 is 5.97 Å². The van der Waals surface area contributed by atoms with Gasteiger partial charge in [-0.25, -0.2) is 4.79 Å². The van der Waals surface area contributed by atoms with E-state index in [-0.39, 0.29) is 17.8 Å². The van der Waals surface area contributed by atoms with Gasteiger partial charge in [-0.1, -0.05) is 13.5 Å². The van der Waals surface area contributed by atoms with Gasteiger partial charge in [-0.2, -0.15) is 0 Å². The maximum absolute atomic E-state index is 10.3. The van der Waals surface area contributed by atoms with Crippen LogP contribution in [0.25, 0.3) is 0 Å². The molecule has 0 spiro atoms. The second-order valence-corrected chi connectivity index (χ2v) is 2.73. The summed E-state index contributed by atoms with van der Waals surface area (Å²) in [6.07, 6.45) is 1.81. The molecule has 1 N–H and O–H groups in total. The van der Waals surface area contributed by atoms with Crippen molar-refractivity contribution in [3.05, 3.63) is 12.2 Å². The average molecular weight is 156 g/mol. The van der Waals surface area contributed by atoms with Crippen LogP contribution in [-0.2, 0) is 9.53 Å². The van der Waals surface area contributed by atoms with Gasteiger partial charge in [-0.15, -0.1) is 0 Å². The molecule has 0 aromatic rings. The van der Waals surface area contributed by atoms with Crippen LogP contribution in [0.2, 0.25) is 0 Å². The Hall–Kier alpha value is -0.830. The predicted octanol–water partition coefficient (Wildman–Crippen LogP) is 1.19. The topological polar surface area (TPSA) is 49.8 Å². The van der Waals surface area contributed by atoms with Crippen LogP contribution in [0.1, 0.15) is 19.8 Å². The summed E-state index contributed by atoms with van der Waals surface area (Å²) in [6, 6.07) is 0. The van der Waals surface area contributed by atoms with Crippen LogP contribution in [-0.4, -0.2) is 23.3 Å². The van der Waals surface area contributed by atoms with Crippen molar-refractivity contribution in [3.8, 4) is 0 Å². The second-order valence-electron chi connectivity index (χ2n) is 2.73. The van der Waals surface area contributed by atoms with E-state index in [4.69, 9.17) is 9.84 Å². The normalized spacial score (nSPS) is 28.1. The Morgan fingerprint density at radius 3 is 2.64 bits per heavy atom. The maximum atomic E-state index is 10.3. The van der Waals surface area contributed by atoms with Gasteiger partial charge in [0.15, 0.2) is 0 Å². The molecule has 11 heavy (non-hydrogen) atoms. The molecule has 1 saturated heterocycles. The molecular formula is C8H12O3. The van der Waals surface area contributed by atoms with Gasteiger partial charge >= 0.3 is 5.97 Å². The number of carboxylic acid groups (broad SMARTS) is 1. The molecule has 1 aliphatic rings. The van der Waals surface area contributed by atoms with E-state index >= 15 is 0 Å². The van der Waals surface area contributed by atoms with Crippen LogP contribution in [0.15, 0.2) is 12.2 Å². The molecule has 0 aromatic heterocycles. The first-order valence-corrected chi connectivity index (χ1v) is 3.71. The standard InChI is InChI=1S/C8H12O3/c1-3-6-7(11-6)4-5(2)8(9)10/h6-7H,2-4H2,1H3,(H,9,10). The lowest BCUT2D eigenvalue weighted by Crippen LogP contribution is -2.03. The van der Waals surface area contributed by atoms with E-state index in [2.05, 4.69) is 6.58 Å². The molecule has 0 radical (unpaired) electrons. The van der Waals surface area contributed by atoms with E-state index in [1.54, 1.807) is 0 Å². The van der Waals surface area contributed by atoms with Crippen molar-refractivity contribution >= 4 is 5.97 Å². The summed E-state index contributed by atoms with van der Waals surface area (Å²) in [5, 5.41) is 8.46. The zero-order valence-corrected chi connectivity index (χ0v) is 6.54. The molecule has 62 valence electrons. The number of aliphatic carboxylic acids is 1. The van der Waals surface area contributed by atoms with E-state index in [9.17, 15) is 4.79 Å². The molecule has 1 aliphatic heterocycles. The fourth-order valence-corrected chi connectivity index (χ4v) is 1.05. The van der Waals surface area contributed by atoms with Crippen LogP contribution in [0.3, 0.4) is 0 Å². The van der Waals surface area contributed by atoms with Gasteiger partial charge < -0.3 is 9.84 Å². The lowest BCUT2D eigenvalue weighted by molar-refractivity contribution is -0.132. The molecule has 2 unspecified atom stereocenters. The Balaban J connectivity index is 2.23. The summed E-state index contributed by atoms with van der Waals surface area (Å²) in [5.74, 6) is -0.921. The van der Waals surface area contributed by atoms with E-state index in [0.29, 0.717) is 6.42 Å². The lowest BCUT2D eigenvalue weighted by Gasteiger charge is -1.93. The molecule has 0 amide bonds. The molecule has 0 aliphatic carbocycles. The first kappa shape index (κ1) is 8.27. The Kier molecular flexibility index (Phi) is 2.29. The van der Waals surface area contributed by atoms with E-state index in [0.717, 1.165) is 6.42 Å². The Morgan fingerprint density at radius 1 is 1.64 bits per heavy atom. The fourth-order valence-electron chi connectivity index (χ4n) is 1.05. The summed E-state index contributed by atoms with van der Waals surface area (Å²) in [4.78, 5) is 10.3. The third-order valence-corrected chi connectivity index (χ3v) is 1.84. The summed E-state index contributed by atoms with van der Waals surface area (Å²) >= 11 is 0. The maximum Gasteiger partial charge on any atom is 0.331 e. The number of carboxylic acids is 1. The number of hydrogen-bond acceptors (Lipinski definition) is 2. The first-order chi connectivity index (χ1) is 5.15. The SMILES string of the molecule is C=C(CC1OC1CC)C(=O)O. The number of carbonyl (C=O) groups is 1. The zero-order valence-electron chi connectivity index (χ0n) is 6.54. The van der Waals surface area contributed by atoms with Crippen molar-refractivity contribution in [2.75, 3.05) is 0 Å². The highest BCUT2D eigenvalue weighted by molar-refractivity contribution is 5.85. The summed E-state index contributed by atoms with van der Waals surface area (Å²) < 4.78 is 5.16. The molecule has 1 heterocycles. The molecule has 3 heteroatoms. The predicted molar refractivity (Wildman–Crippen MR) is 40.3 cm³/mol. The van der Waals surface area contributed by atoms with Crippen LogP contribution < -0.4 is 0 Å². The number of rotatable bonds is 4. The van der Waals surface area contributed by atoms with Crippen LogP contribution in [0, 0.1) is 0 Å². The molecule has 0 aromatic carbocycles. The van der Waals surface area contributed by atoms with Crippen molar-refractivity contribution in [2.45, 2.75) is 32.0 Å². The monoisotopic (exact) mass is 156 g/mol. The number of ether oxygens (including phenoxy) is 1. The highest BCUT2D eigenvalue weighted by atomic mass is 16.6. The Morgan fingerprint density at radius 2 is 2.27 bits per heavy atom. The molecule has 2 atom stereocenters. The highest BCUT2D eigenvalue weighted by Gasteiger charge is 2.37. The highest BCUT2D eigenvalue weighted by Crippen LogP contribution is 2.29. The van der Waals surface area contributed by atoms with Crippen molar-refractivity contribution in [1.82, 2.24) is 0 Å². The van der Waals surface area contributed by atoms with Gasteiger partial charge in [0.1, 0.15) is 0 Å². The van der Waals surface area contributed by atoms with Crippen molar-refractivity contribution in [3.63, 3.8) is 0 Å². The molecule has 3 nitrogen and oxygen atoms in total. The van der Waals surface area contributed by atoms with Gasteiger partial charge in [0.2, 0.25) is 0 Å². The molecular weight excluding hydrogens is 144 g/mol. The van der Waals surface area contributed by atoms with Crippen LogP contribution >= 0.6 is 0 Å². The number of hydrogen-bond donors (Lipinski definition) is 1.